The van der Waals surface area contributed by atoms with Crippen LogP contribution < -0.4 is 5.32 Å². The first kappa shape index (κ1) is 13.4. The van der Waals surface area contributed by atoms with Crippen molar-refractivity contribution in [2.45, 2.75) is 32.1 Å². The average molecular weight is 265 g/mol. The molecule has 1 N–H and O–H groups in total. The largest absolute Gasteiger partial charge is 0.372 e. The molecule has 0 fully saturated rings. The third-order valence-electron chi connectivity index (χ3n) is 4.24. The summed E-state index contributed by atoms with van der Waals surface area (Å²) < 4.78 is 0. The molecule has 1 aromatic carbocycles. The first-order valence-electron chi connectivity index (χ1n) is 6.69. The van der Waals surface area contributed by atoms with Crippen molar-refractivity contribution in [2.75, 3.05) is 13.1 Å². The molecule has 0 spiro atoms. The Labute approximate surface area is 115 Å². The quantitative estimate of drug-likeness (QED) is 0.872. The fourth-order valence-electron chi connectivity index (χ4n) is 3.16. The zero-order valence-corrected chi connectivity index (χ0v) is 11.7. The van der Waals surface area contributed by atoms with Gasteiger partial charge >= 0.3 is 0 Å². The summed E-state index contributed by atoms with van der Waals surface area (Å²) in [6, 6.07) is 8.92. The molecule has 2 aliphatic rings. The molecule has 0 aromatic heterocycles. The van der Waals surface area contributed by atoms with E-state index in [1.54, 1.807) is 11.1 Å². The van der Waals surface area contributed by atoms with Gasteiger partial charge in [-0.15, -0.1) is 12.4 Å². The molecule has 0 unspecified atom stereocenters. The van der Waals surface area contributed by atoms with Gasteiger partial charge in [0, 0.05) is 13.0 Å². The number of aryl methyl sites for hydroxylation is 1. The highest BCUT2D eigenvalue weighted by molar-refractivity contribution is 5.85. The number of benzene rings is 1. The second kappa shape index (κ2) is 5.75. The maximum atomic E-state index is 4.53. The van der Waals surface area contributed by atoms with E-state index in [4.69, 9.17) is 0 Å². The van der Waals surface area contributed by atoms with Crippen molar-refractivity contribution in [1.29, 1.82) is 0 Å². The van der Waals surface area contributed by atoms with Gasteiger partial charge < -0.3 is 5.32 Å². The van der Waals surface area contributed by atoms with Gasteiger partial charge in [0.2, 0.25) is 0 Å². The van der Waals surface area contributed by atoms with Gasteiger partial charge in [0.1, 0.15) is 0 Å². The Morgan fingerprint density at radius 2 is 2.17 bits per heavy atom. The van der Waals surface area contributed by atoms with E-state index in [2.05, 4.69) is 41.5 Å². The topological polar surface area (TPSA) is 24.4 Å². The lowest BCUT2D eigenvalue weighted by atomic mass is 9.74. The monoisotopic (exact) mass is 264 g/mol. The Kier molecular flexibility index (Phi) is 4.28. The Bertz CT molecular complexity index is 442. The maximum absolute atomic E-state index is 4.53. The van der Waals surface area contributed by atoms with Crippen molar-refractivity contribution < 1.29 is 0 Å². The fraction of sp³-hybridized carbons (Fsp3) is 0.533. The van der Waals surface area contributed by atoms with E-state index in [1.807, 2.05) is 0 Å². The normalized spacial score (nSPS) is 25.7. The van der Waals surface area contributed by atoms with Gasteiger partial charge in [-0.3, -0.25) is 4.99 Å². The maximum Gasteiger partial charge on any atom is 0.0967 e. The fourth-order valence-corrected chi connectivity index (χ4v) is 3.16. The van der Waals surface area contributed by atoms with Gasteiger partial charge in [-0.25, -0.2) is 0 Å². The second-order valence-corrected chi connectivity index (χ2v) is 5.25. The van der Waals surface area contributed by atoms with E-state index in [-0.39, 0.29) is 12.4 Å². The van der Waals surface area contributed by atoms with E-state index in [0.717, 1.165) is 25.4 Å². The van der Waals surface area contributed by atoms with Crippen LogP contribution in [0.2, 0.25) is 0 Å². The Hall–Kier alpha value is -1.02. The summed E-state index contributed by atoms with van der Waals surface area (Å²) in [5, 5.41) is 3.40. The van der Waals surface area contributed by atoms with E-state index in [1.165, 1.54) is 18.7 Å². The molecule has 0 amide bonds. The molecule has 0 saturated carbocycles. The predicted molar refractivity (Wildman–Crippen MR) is 78.8 cm³/mol. The molecule has 1 heterocycles. The molecule has 0 saturated heterocycles. The van der Waals surface area contributed by atoms with Crippen molar-refractivity contribution in [3.63, 3.8) is 0 Å². The third-order valence-corrected chi connectivity index (χ3v) is 4.24. The number of fused-ring (bicyclic) bond motifs is 1. The highest BCUT2D eigenvalue weighted by atomic mass is 35.5. The standard InChI is InChI=1S/C15H20N2.ClH/c1-11-13(10-15-16-8-9-17-15)7-6-12-4-2-3-5-14(11)12;/h2-5,11,13H,6-10H2,1H3,(H,16,17);1H/t11-,13-;/m1./s1. The summed E-state index contributed by atoms with van der Waals surface area (Å²) in [5.41, 5.74) is 3.11. The van der Waals surface area contributed by atoms with E-state index in [0.29, 0.717) is 5.92 Å². The Morgan fingerprint density at radius 1 is 1.33 bits per heavy atom. The number of aliphatic imine (C=N–C) groups is 1. The van der Waals surface area contributed by atoms with Gasteiger partial charge in [0.15, 0.2) is 0 Å². The van der Waals surface area contributed by atoms with Crippen LogP contribution in [0.4, 0.5) is 0 Å². The molecular weight excluding hydrogens is 244 g/mol. The highest BCUT2D eigenvalue weighted by Crippen LogP contribution is 2.37. The molecule has 2 atom stereocenters. The minimum Gasteiger partial charge on any atom is -0.372 e. The van der Waals surface area contributed by atoms with Gasteiger partial charge in [-0.2, -0.15) is 0 Å². The SMILES string of the molecule is C[C@H]1c2ccccc2CC[C@@H]1CC1=NCCN1.Cl. The van der Waals surface area contributed by atoms with Gasteiger partial charge in [-0.05, 0) is 35.8 Å². The van der Waals surface area contributed by atoms with Crippen molar-refractivity contribution in [3.8, 4) is 0 Å². The smallest absolute Gasteiger partial charge is 0.0967 e. The van der Waals surface area contributed by atoms with Crippen LogP contribution in [0.15, 0.2) is 29.3 Å². The summed E-state index contributed by atoms with van der Waals surface area (Å²) in [6.07, 6.45) is 3.67. The van der Waals surface area contributed by atoms with Crippen molar-refractivity contribution in [3.05, 3.63) is 35.4 Å². The number of nitrogens with zero attached hydrogens (tertiary/aromatic N) is 1. The lowest BCUT2D eigenvalue weighted by Crippen LogP contribution is -2.26. The molecule has 0 radical (unpaired) electrons. The number of hydrogen-bond donors (Lipinski definition) is 1. The van der Waals surface area contributed by atoms with E-state index >= 15 is 0 Å². The molecular formula is C15H21ClN2. The predicted octanol–water partition coefficient (Wildman–Crippen LogP) is 3.17. The van der Waals surface area contributed by atoms with Crippen molar-refractivity contribution in [2.24, 2.45) is 10.9 Å². The number of amidine groups is 1. The zero-order valence-electron chi connectivity index (χ0n) is 10.9. The Morgan fingerprint density at radius 3 is 2.94 bits per heavy atom. The average Bonchev–Trinajstić information content (AvgIpc) is 2.86. The van der Waals surface area contributed by atoms with Gasteiger partial charge in [0.05, 0.1) is 12.4 Å². The molecule has 1 aliphatic heterocycles. The lowest BCUT2D eigenvalue weighted by Gasteiger charge is -2.31. The summed E-state index contributed by atoms with van der Waals surface area (Å²) in [4.78, 5) is 4.53. The lowest BCUT2D eigenvalue weighted by molar-refractivity contribution is 0.402. The number of hydrogen-bond acceptors (Lipinski definition) is 2. The second-order valence-electron chi connectivity index (χ2n) is 5.25. The third kappa shape index (κ3) is 2.54. The molecule has 18 heavy (non-hydrogen) atoms. The van der Waals surface area contributed by atoms with Crippen LogP contribution in [0.1, 0.15) is 36.8 Å². The molecule has 0 bridgehead atoms. The van der Waals surface area contributed by atoms with E-state index in [9.17, 15) is 0 Å². The highest BCUT2D eigenvalue weighted by Gasteiger charge is 2.27. The van der Waals surface area contributed by atoms with Crippen LogP contribution in [-0.2, 0) is 6.42 Å². The molecule has 1 aromatic rings. The van der Waals surface area contributed by atoms with Crippen LogP contribution in [0, 0.1) is 5.92 Å². The molecule has 2 nitrogen and oxygen atoms in total. The van der Waals surface area contributed by atoms with Crippen molar-refractivity contribution in [1.82, 2.24) is 5.32 Å². The van der Waals surface area contributed by atoms with Crippen LogP contribution >= 0.6 is 12.4 Å². The minimum absolute atomic E-state index is 0. The van der Waals surface area contributed by atoms with Crippen LogP contribution in [-0.4, -0.2) is 18.9 Å². The summed E-state index contributed by atoms with van der Waals surface area (Å²) in [7, 11) is 0. The first-order valence-corrected chi connectivity index (χ1v) is 6.69. The van der Waals surface area contributed by atoms with Crippen LogP contribution in [0.3, 0.4) is 0 Å². The van der Waals surface area contributed by atoms with Crippen molar-refractivity contribution >= 4 is 18.2 Å². The number of nitrogens with one attached hydrogen (secondary N) is 1. The van der Waals surface area contributed by atoms with Gasteiger partial charge in [-0.1, -0.05) is 31.2 Å². The number of halogens is 1. The Balaban J connectivity index is 0.00000120. The summed E-state index contributed by atoms with van der Waals surface area (Å²) in [5.74, 6) is 2.67. The number of rotatable bonds is 2. The molecule has 3 heteroatoms. The molecule has 98 valence electrons. The first-order chi connectivity index (χ1) is 8.34. The van der Waals surface area contributed by atoms with Gasteiger partial charge in [0.25, 0.3) is 0 Å². The van der Waals surface area contributed by atoms with Crippen LogP contribution in [0.5, 0.6) is 0 Å². The summed E-state index contributed by atoms with van der Waals surface area (Å²) >= 11 is 0. The summed E-state index contributed by atoms with van der Waals surface area (Å²) in [6.45, 7) is 4.37. The minimum atomic E-state index is 0. The molecule has 3 rings (SSSR count). The zero-order chi connectivity index (χ0) is 11.7. The molecule has 1 aliphatic carbocycles. The van der Waals surface area contributed by atoms with Crippen LogP contribution in [0.25, 0.3) is 0 Å². The van der Waals surface area contributed by atoms with E-state index < -0.39 is 0 Å².